The summed E-state index contributed by atoms with van der Waals surface area (Å²) in [6.07, 6.45) is 2.59. The van der Waals surface area contributed by atoms with E-state index < -0.39 is 6.10 Å². The molecule has 5 heteroatoms. The van der Waals surface area contributed by atoms with Gasteiger partial charge in [0.1, 0.15) is 11.6 Å². The molecule has 0 saturated carbocycles. The average molecular weight is 387 g/mol. The van der Waals surface area contributed by atoms with E-state index in [1.807, 2.05) is 30.3 Å². The highest BCUT2D eigenvalue weighted by Gasteiger charge is 2.21. The number of β-amino-alcohol motifs (C(OH)–C–C–N with tert-alkyl or cyclic N) is 1. The van der Waals surface area contributed by atoms with Gasteiger partial charge in [0.05, 0.1) is 26.4 Å². The predicted molar refractivity (Wildman–Crippen MR) is 108 cm³/mol. The van der Waals surface area contributed by atoms with Crippen LogP contribution < -0.4 is 4.74 Å². The minimum Gasteiger partial charge on any atom is -0.497 e. The van der Waals surface area contributed by atoms with Gasteiger partial charge in [-0.3, -0.25) is 0 Å². The van der Waals surface area contributed by atoms with Crippen molar-refractivity contribution in [3.05, 3.63) is 65.5 Å². The van der Waals surface area contributed by atoms with E-state index in [4.69, 9.17) is 9.47 Å². The number of ether oxygens (including phenoxy) is 2. The van der Waals surface area contributed by atoms with Gasteiger partial charge >= 0.3 is 0 Å². The molecule has 0 aliphatic carbocycles. The van der Waals surface area contributed by atoms with Crippen molar-refractivity contribution in [2.24, 2.45) is 5.92 Å². The normalized spacial score (nSPS) is 16.8. The third-order valence-electron chi connectivity index (χ3n) is 5.30. The lowest BCUT2D eigenvalue weighted by Crippen LogP contribution is -2.40. The molecule has 0 bridgehead atoms. The van der Waals surface area contributed by atoms with Gasteiger partial charge in [-0.25, -0.2) is 4.39 Å². The van der Waals surface area contributed by atoms with Crippen LogP contribution in [0.4, 0.5) is 4.39 Å². The largest absolute Gasteiger partial charge is 0.497 e. The second kappa shape index (κ2) is 10.6. The summed E-state index contributed by atoms with van der Waals surface area (Å²) in [7, 11) is 1.64. The number of hydrogen-bond acceptors (Lipinski definition) is 4. The standard InChI is InChI=1S/C23H30FNO3/c1-27-23-7-3-5-20(14-23)16-28-17-22(26)15-25-10-8-18(9-11-25)12-19-4-2-6-21(24)13-19/h2-7,13-14,18,22,26H,8-12,15-17H2,1H3. The molecule has 152 valence electrons. The van der Waals surface area contributed by atoms with Crippen molar-refractivity contribution in [3.8, 4) is 5.75 Å². The van der Waals surface area contributed by atoms with E-state index in [9.17, 15) is 9.50 Å². The monoisotopic (exact) mass is 387 g/mol. The fourth-order valence-electron chi connectivity index (χ4n) is 3.80. The summed E-state index contributed by atoms with van der Waals surface area (Å²) in [6.45, 7) is 3.34. The van der Waals surface area contributed by atoms with Crippen molar-refractivity contribution in [1.82, 2.24) is 4.90 Å². The lowest BCUT2D eigenvalue weighted by atomic mass is 9.90. The number of likely N-dealkylation sites (tertiary alicyclic amines) is 1. The number of halogens is 1. The SMILES string of the molecule is COc1cccc(COCC(O)CN2CCC(Cc3cccc(F)c3)CC2)c1. The number of piperidine rings is 1. The molecular weight excluding hydrogens is 357 g/mol. The first-order valence-electron chi connectivity index (χ1n) is 9.98. The molecule has 2 aromatic rings. The van der Waals surface area contributed by atoms with E-state index in [-0.39, 0.29) is 5.82 Å². The molecule has 1 heterocycles. The highest BCUT2D eigenvalue weighted by molar-refractivity contribution is 5.27. The van der Waals surface area contributed by atoms with E-state index >= 15 is 0 Å². The Morgan fingerprint density at radius 1 is 1.11 bits per heavy atom. The molecule has 4 nitrogen and oxygen atoms in total. The van der Waals surface area contributed by atoms with Crippen molar-refractivity contribution in [1.29, 1.82) is 0 Å². The lowest BCUT2D eigenvalue weighted by molar-refractivity contribution is 0.00447. The van der Waals surface area contributed by atoms with Crippen LogP contribution in [-0.2, 0) is 17.8 Å². The third-order valence-corrected chi connectivity index (χ3v) is 5.30. The number of rotatable bonds is 9. The highest BCUT2D eigenvalue weighted by atomic mass is 19.1. The number of aliphatic hydroxyl groups excluding tert-OH is 1. The molecule has 1 N–H and O–H groups in total. The van der Waals surface area contributed by atoms with Gasteiger partial charge in [-0.1, -0.05) is 24.3 Å². The summed E-state index contributed by atoms with van der Waals surface area (Å²) in [4.78, 5) is 2.29. The van der Waals surface area contributed by atoms with Crippen LogP contribution in [0.3, 0.4) is 0 Å². The Hall–Kier alpha value is -1.95. The molecule has 1 atom stereocenters. The minimum absolute atomic E-state index is 0.160. The Bertz CT molecular complexity index is 731. The molecule has 0 spiro atoms. The van der Waals surface area contributed by atoms with Crippen molar-refractivity contribution in [2.75, 3.05) is 33.4 Å². The molecule has 1 aliphatic rings. The zero-order chi connectivity index (χ0) is 19.8. The van der Waals surface area contributed by atoms with Gasteiger partial charge in [0, 0.05) is 6.54 Å². The molecule has 1 fully saturated rings. The third kappa shape index (κ3) is 6.59. The van der Waals surface area contributed by atoms with E-state index in [2.05, 4.69) is 4.90 Å². The molecule has 1 unspecified atom stereocenters. The Morgan fingerprint density at radius 2 is 1.86 bits per heavy atom. The molecule has 0 amide bonds. The molecule has 0 radical (unpaired) electrons. The van der Waals surface area contributed by atoms with Crippen LogP contribution in [-0.4, -0.2) is 49.5 Å². The Balaban J connectivity index is 1.33. The quantitative estimate of drug-likeness (QED) is 0.713. The number of nitrogens with zero attached hydrogens (tertiary/aromatic N) is 1. The first-order chi connectivity index (χ1) is 13.6. The van der Waals surface area contributed by atoms with Crippen LogP contribution in [0.15, 0.2) is 48.5 Å². The van der Waals surface area contributed by atoms with E-state index in [0.717, 1.165) is 49.2 Å². The van der Waals surface area contributed by atoms with Crippen molar-refractivity contribution in [3.63, 3.8) is 0 Å². The maximum Gasteiger partial charge on any atom is 0.123 e. The van der Waals surface area contributed by atoms with Crippen LogP contribution in [0, 0.1) is 11.7 Å². The van der Waals surface area contributed by atoms with Gasteiger partial charge in [0.2, 0.25) is 0 Å². The van der Waals surface area contributed by atoms with Gasteiger partial charge < -0.3 is 19.5 Å². The summed E-state index contributed by atoms with van der Waals surface area (Å²) in [5.41, 5.74) is 2.11. The fourth-order valence-corrected chi connectivity index (χ4v) is 3.80. The minimum atomic E-state index is -0.495. The lowest BCUT2D eigenvalue weighted by Gasteiger charge is -2.33. The summed E-state index contributed by atoms with van der Waals surface area (Å²) in [6, 6.07) is 14.7. The predicted octanol–water partition coefficient (Wildman–Crippen LogP) is 3.67. The Kier molecular flexibility index (Phi) is 7.83. The molecular formula is C23H30FNO3. The van der Waals surface area contributed by atoms with Crippen LogP contribution in [0.2, 0.25) is 0 Å². The van der Waals surface area contributed by atoms with Gasteiger partial charge in [0.25, 0.3) is 0 Å². The second-order valence-electron chi connectivity index (χ2n) is 7.60. The van der Waals surface area contributed by atoms with Gasteiger partial charge in [-0.2, -0.15) is 0 Å². The summed E-state index contributed by atoms with van der Waals surface area (Å²) in [5.74, 6) is 1.23. The Morgan fingerprint density at radius 3 is 2.61 bits per heavy atom. The van der Waals surface area contributed by atoms with Gasteiger partial charge in [-0.15, -0.1) is 0 Å². The highest BCUT2D eigenvalue weighted by Crippen LogP contribution is 2.22. The molecule has 0 aromatic heterocycles. The zero-order valence-corrected chi connectivity index (χ0v) is 16.5. The average Bonchev–Trinajstić information content (AvgIpc) is 2.70. The van der Waals surface area contributed by atoms with Gasteiger partial charge in [-0.05, 0) is 73.7 Å². The number of hydrogen-bond donors (Lipinski definition) is 1. The maximum absolute atomic E-state index is 13.3. The molecule has 28 heavy (non-hydrogen) atoms. The van der Waals surface area contributed by atoms with Crippen LogP contribution in [0.5, 0.6) is 5.75 Å². The Labute approximate surface area is 166 Å². The van der Waals surface area contributed by atoms with Crippen LogP contribution >= 0.6 is 0 Å². The molecule has 2 aromatic carbocycles. The van der Waals surface area contributed by atoms with Crippen molar-refractivity contribution >= 4 is 0 Å². The van der Waals surface area contributed by atoms with Crippen molar-refractivity contribution in [2.45, 2.75) is 32.0 Å². The van der Waals surface area contributed by atoms with Gasteiger partial charge in [0.15, 0.2) is 0 Å². The number of aliphatic hydroxyl groups is 1. The first-order valence-corrected chi connectivity index (χ1v) is 9.98. The number of benzene rings is 2. The second-order valence-corrected chi connectivity index (χ2v) is 7.60. The summed E-state index contributed by atoms with van der Waals surface area (Å²) >= 11 is 0. The fraction of sp³-hybridized carbons (Fsp3) is 0.478. The van der Waals surface area contributed by atoms with Crippen molar-refractivity contribution < 1.29 is 19.0 Å². The zero-order valence-electron chi connectivity index (χ0n) is 16.5. The summed E-state index contributed by atoms with van der Waals surface area (Å²) in [5, 5.41) is 10.3. The molecule has 1 saturated heterocycles. The van der Waals surface area contributed by atoms with Crippen LogP contribution in [0.25, 0.3) is 0 Å². The van der Waals surface area contributed by atoms with E-state index in [0.29, 0.717) is 25.7 Å². The van der Waals surface area contributed by atoms with E-state index in [1.54, 1.807) is 19.2 Å². The summed E-state index contributed by atoms with van der Waals surface area (Å²) < 4.78 is 24.2. The topological polar surface area (TPSA) is 41.9 Å². The smallest absolute Gasteiger partial charge is 0.123 e. The molecule has 3 rings (SSSR count). The van der Waals surface area contributed by atoms with Crippen LogP contribution in [0.1, 0.15) is 24.0 Å². The molecule has 1 aliphatic heterocycles. The van der Waals surface area contributed by atoms with E-state index in [1.165, 1.54) is 6.07 Å². The first kappa shape index (κ1) is 20.8. The number of methoxy groups -OCH3 is 1. The maximum atomic E-state index is 13.3.